The molecule has 7 heteroatoms. The second kappa shape index (κ2) is 8.77. The number of hydrogen-bond acceptors (Lipinski definition) is 3. The Labute approximate surface area is 170 Å². The topological polar surface area (TPSA) is 81.8 Å². The van der Waals surface area contributed by atoms with Gasteiger partial charge in [0.15, 0.2) is 0 Å². The van der Waals surface area contributed by atoms with Gasteiger partial charge >= 0.3 is 6.03 Å². The summed E-state index contributed by atoms with van der Waals surface area (Å²) in [6.07, 6.45) is 0. The van der Waals surface area contributed by atoms with Crippen LogP contribution in [-0.2, 0) is 6.54 Å². The molecular weight excluding hydrogens is 368 g/mol. The molecule has 1 heterocycles. The summed E-state index contributed by atoms with van der Waals surface area (Å²) in [5.74, 6) is -0.246. The average molecular weight is 394 g/mol. The van der Waals surface area contributed by atoms with Gasteiger partial charge in [-0.2, -0.15) is 0 Å². The van der Waals surface area contributed by atoms with Gasteiger partial charge in [0.25, 0.3) is 11.8 Å². The molecule has 152 valence electrons. The molecule has 29 heavy (non-hydrogen) atoms. The molecule has 0 saturated carbocycles. The highest BCUT2D eigenvalue weighted by Crippen LogP contribution is 2.18. The third-order valence-corrected chi connectivity index (χ3v) is 5.03. The van der Waals surface area contributed by atoms with Crippen LogP contribution in [0.3, 0.4) is 0 Å². The Hall–Kier alpha value is -3.35. The minimum absolute atomic E-state index is 0.0293. The predicted octanol–water partition coefficient (Wildman–Crippen LogP) is 2.63. The number of hydrogen-bond donors (Lipinski definition) is 2. The number of benzene rings is 2. The van der Waals surface area contributed by atoms with Gasteiger partial charge in [0.1, 0.15) is 0 Å². The molecule has 3 rings (SSSR count). The van der Waals surface area contributed by atoms with Gasteiger partial charge in [0, 0.05) is 49.5 Å². The van der Waals surface area contributed by atoms with Crippen molar-refractivity contribution in [2.75, 3.05) is 25.0 Å². The summed E-state index contributed by atoms with van der Waals surface area (Å²) in [5, 5.41) is 5.63. The molecule has 2 aromatic rings. The average Bonchev–Trinajstić information content (AvgIpc) is 3.17. The van der Waals surface area contributed by atoms with E-state index in [1.807, 2.05) is 32.0 Å². The van der Waals surface area contributed by atoms with Crippen molar-refractivity contribution in [3.63, 3.8) is 0 Å². The number of anilines is 1. The fraction of sp³-hybridized carbons (Fsp3) is 0.318. The van der Waals surface area contributed by atoms with Crippen LogP contribution in [0.1, 0.15) is 40.1 Å². The first kappa shape index (κ1) is 20.4. The van der Waals surface area contributed by atoms with Crippen molar-refractivity contribution in [2.45, 2.75) is 26.4 Å². The van der Waals surface area contributed by atoms with Crippen LogP contribution in [0.25, 0.3) is 0 Å². The molecule has 2 aromatic carbocycles. The zero-order valence-corrected chi connectivity index (χ0v) is 16.9. The van der Waals surface area contributed by atoms with E-state index in [-0.39, 0.29) is 23.9 Å². The molecule has 0 aromatic heterocycles. The first-order valence-corrected chi connectivity index (χ1v) is 9.66. The van der Waals surface area contributed by atoms with Crippen LogP contribution in [-0.4, -0.2) is 48.9 Å². The Morgan fingerprint density at radius 2 is 1.86 bits per heavy atom. The molecular formula is C22H26N4O3. The standard InChI is InChI=1S/C22H26N4O3/c1-15(2)25(3)21(28)17-9-7-16(8-10-17)14-24-20(27)18-5-4-6-19(13-18)26-12-11-23-22(26)29/h4-10,13,15H,11-12,14H2,1-3H3,(H,23,29)(H,24,27). The van der Waals surface area contributed by atoms with Gasteiger partial charge in [-0.3, -0.25) is 14.5 Å². The summed E-state index contributed by atoms with van der Waals surface area (Å²) < 4.78 is 0. The zero-order valence-electron chi connectivity index (χ0n) is 16.9. The van der Waals surface area contributed by atoms with Gasteiger partial charge < -0.3 is 15.5 Å². The van der Waals surface area contributed by atoms with E-state index >= 15 is 0 Å². The van der Waals surface area contributed by atoms with Gasteiger partial charge in [0.2, 0.25) is 0 Å². The molecule has 0 bridgehead atoms. The summed E-state index contributed by atoms with van der Waals surface area (Å²) in [6.45, 7) is 5.46. The molecule has 4 amide bonds. The number of nitrogens with one attached hydrogen (secondary N) is 2. The van der Waals surface area contributed by atoms with E-state index in [2.05, 4.69) is 10.6 Å². The van der Waals surface area contributed by atoms with Crippen molar-refractivity contribution in [3.8, 4) is 0 Å². The lowest BCUT2D eigenvalue weighted by molar-refractivity contribution is 0.0754. The molecule has 2 N–H and O–H groups in total. The van der Waals surface area contributed by atoms with Crippen LogP contribution in [0.2, 0.25) is 0 Å². The second-order valence-corrected chi connectivity index (χ2v) is 7.32. The lowest BCUT2D eigenvalue weighted by atomic mass is 10.1. The molecule has 1 aliphatic rings. The van der Waals surface area contributed by atoms with Crippen molar-refractivity contribution >= 4 is 23.5 Å². The van der Waals surface area contributed by atoms with Crippen LogP contribution in [0.4, 0.5) is 10.5 Å². The quantitative estimate of drug-likeness (QED) is 0.790. The van der Waals surface area contributed by atoms with E-state index in [1.54, 1.807) is 47.2 Å². The molecule has 0 atom stereocenters. The predicted molar refractivity (Wildman–Crippen MR) is 112 cm³/mol. The largest absolute Gasteiger partial charge is 0.348 e. The van der Waals surface area contributed by atoms with Crippen LogP contribution >= 0.6 is 0 Å². The van der Waals surface area contributed by atoms with Crippen LogP contribution in [0.5, 0.6) is 0 Å². The summed E-state index contributed by atoms with van der Waals surface area (Å²) in [5.41, 5.74) is 2.71. The van der Waals surface area contributed by atoms with Crippen LogP contribution < -0.4 is 15.5 Å². The summed E-state index contributed by atoms with van der Waals surface area (Å²) in [6, 6.07) is 14.2. The molecule has 0 unspecified atom stereocenters. The number of amides is 4. The number of nitrogens with zero attached hydrogens (tertiary/aromatic N) is 2. The van der Waals surface area contributed by atoms with E-state index in [4.69, 9.17) is 0 Å². The first-order valence-electron chi connectivity index (χ1n) is 9.66. The lowest BCUT2D eigenvalue weighted by Gasteiger charge is -2.21. The van der Waals surface area contributed by atoms with Gasteiger partial charge in [-0.15, -0.1) is 0 Å². The van der Waals surface area contributed by atoms with Gasteiger partial charge in [-0.1, -0.05) is 18.2 Å². The van der Waals surface area contributed by atoms with E-state index in [1.165, 1.54) is 0 Å². The third kappa shape index (κ3) is 4.74. The normalized spacial score (nSPS) is 13.4. The summed E-state index contributed by atoms with van der Waals surface area (Å²) in [4.78, 5) is 40.0. The van der Waals surface area contributed by atoms with Gasteiger partial charge in [-0.05, 0) is 49.7 Å². The Balaban J connectivity index is 1.61. The molecule has 7 nitrogen and oxygen atoms in total. The number of rotatable bonds is 6. The molecule has 0 spiro atoms. The molecule has 0 aliphatic carbocycles. The van der Waals surface area contributed by atoms with Crippen molar-refractivity contribution in [3.05, 3.63) is 65.2 Å². The number of urea groups is 1. The maximum absolute atomic E-state index is 12.5. The SMILES string of the molecule is CC(C)N(C)C(=O)c1ccc(CNC(=O)c2cccc(N3CCNC3=O)c2)cc1. The maximum Gasteiger partial charge on any atom is 0.321 e. The summed E-state index contributed by atoms with van der Waals surface area (Å²) in [7, 11) is 1.78. The number of carbonyl (C=O) groups excluding carboxylic acids is 3. The Morgan fingerprint density at radius 3 is 2.48 bits per heavy atom. The molecule has 1 aliphatic heterocycles. The molecule has 0 radical (unpaired) electrons. The zero-order chi connectivity index (χ0) is 21.0. The van der Waals surface area contributed by atoms with E-state index in [0.29, 0.717) is 36.4 Å². The minimum Gasteiger partial charge on any atom is -0.348 e. The van der Waals surface area contributed by atoms with E-state index in [0.717, 1.165) is 5.56 Å². The molecule has 1 saturated heterocycles. The highest BCUT2D eigenvalue weighted by atomic mass is 16.2. The maximum atomic E-state index is 12.5. The van der Waals surface area contributed by atoms with Gasteiger partial charge in [-0.25, -0.2) is 4.79 Å². The fourth-order valence-electron chi connectivity index (χ4n) is 3.02. The summed E-state index contributed by atoms with van der Waals surface area (Å²) >= 11 is 0. The van der Waals surface area contributed by atoms with E-state index in [9.17, 15) is 14.4 Å². The third-order valence-electron chi connectivity index (χ3n) is 5.03. The van der Waals surface area contributed by atoms with Crippen molar-refractivity contribution in [2.24, 2.45) is 0 Å². The Bertz CT molecular complexity index is 909. The smallest absolute Gasteiger partial charge is 0.321 e. The highest BCUT2D eigenvalue weighted by Gasteiger charge is 2.21. The van der Waals surface area contributed by atoms with E-state index < -0.39 is 0 Å². The Kier molecular flexibility index (Phi) is 6.16. The van der Waals surface area contributed by atoms with Gasteiger partial charge in [0.05, 0.1) is 0 Å². The highest BCUT2D eigenvalue weighted by molar-refractivity contribution is 5.98. The Morgan fingerprint density at radius 1 is 1.14 bits per heavy atom. The lowest BCUT2D eigenvalue weighted by Crippen LogP contribution is -2.32. The van der Waals surface area contributed by atoms with Crippen molar-refractivity contribution in [1.29, 1.82) is 0 Å². The monoisotopic (exact) mass is 394 g/mol. The number of carbonyl (C=O) groups is 3. The van der Waals surface area contributed by atoms with Crippen LogP contribution in [0.15, 0.2) is 48.5 Å². The fourth-order valence-corrected chi connectivity index (χ4v) is 3.02. The minimum atomic E-state index is -0.217. The van der Waals surface area contributed by atoms with Crippen molar-refractivity contribution in [1.82, 2.24) is 15.5 Å². The second-order valence-electron chi connectivity index (χ2n) is 7.32. The van der Waals surface area contributed by atoms with Crippen LogP contribution in [0, 0.1) is 0 Å². The first-order chi connectivity index (χ1) is 13.9. The molecule has 1 fully saturated rings. The van der Waals surface area contributed by atoms with Crippen molar-refractivity contribution < 1.29 is 14.4 Å².